The first-order chi connectivity index (χ1) is 10.6. The molecule has 3 aromatic rings. The SMILES string of the molecule is CC/C(=C\CO)c1ccc2c(c1)c(=O)oc1cc(O)ccc12. The Bertz CT molecular complexity index is 935. The van der Waals surface area contributed by atoms with Crippen molar-refractivity contribution in [2.75, 3.05) is 6.61 Å². The number of hydrogen-bond acceptors (Lipinski definition) is 4. The summed E-state index contributed by atoms with van der Waals surface area (Å²) in [4.78, 5) is 12.2. The summed E-state index contributed by atoms with van der Waals surface area (Å²) in [5.74, 6) is 0.0609. The van der Waals surface area contributed by atoms with E-state index < -0.39 is 5.63 Å². The average molecular weight is 296 g/mol. The zero-order valence-corrected chi connectivity index (χ0v) is 12.2. The van der Waals surface area contributed by atoms with Crippen LogP contribution in [0.4, 0.5) is 0 Å². The van der Waals surface area contributed by atoms with Crippen LogP contribution < -0.4 is 5.63 Å². The molecule has 0 aliphatic heterocycles. The van der Waals surface area contributed by atoms with Gasteiger partial charge in [-0.2, -0.15) is 0 Å². The molecule has 0 aliphatic rings. The van der Waals surface area contributed by atoms with Crippen molar-refractivity contribution in [1.82, 2.24) is 0 Å². The topological polar surface area (TPSA) is 70.7 Å². The lowest BCUT2D eigenvalue weighted by Gasteiger charge is -2.08. The minimum absolute atomic E-state index is 0.0349. The molecule has 0 saturated heterocycles. The van der Waals surface area contributed by atoms with Gasteiger partial charge in [0, 0.05) is 11.5 Å². The monoisotopic (exact) mass is 296 g/mol. The van der Waals surface area contributed by atoms with Gasteiger partial charge in [0.2, 0.25) is 0 Å². The van der Waals surface area contributed by atoms with E-state index in [-0.39, 0.29) is 12.4 Å². The fourth-order valence-corrected chi connectivity index (χ4v) is 2.70. The number of aliphatic hydroxyl groups is 1. The summed E-state index contributed by atoms with van der Waals surface area (Å²) in [5.41, 5.74) is 1.81. The normalized spacial score (nSPS) is 12.2. The Hall–Kier alpha value is -2.59. The Kier molecular flexibility index (Phi) is 3.69. The highest BCUT2D eigenvalue weighted by molar-refractivity contribution is 6.05. The van der Waals surface area contributed by atoms with Crippen LogP contribution in [0.25, 0.3) is 27.3 Å². The molecule has 0 spiro atoms. The quantitative estimate of drug-likeness (QED) is 0.574. The third-order valence-corrected chi connectivity index (χ3v) is 3.79. The highest BCUT2D eigenvalue weighted by atomic mass is 16.4. The molecule has 2 N–H and O–H groups in total. The minimum Gasteiger partial charge on any atom is -0.508 e. The van der Waals surface area contributed by atoms with Gasteiger partial charge in [-0.3, -0.25) is 0 Å². The first kappa shape index (κ1) is 14.4. The molecular weight excluding hydrogens is 280 g/mol. The van der Waals surface area contributed by atoms with Gasteiger partial charge in [0.25, 0.3) is 0 Å². The molecule has 22 heavy (non-hydrogen) atoms. The highest BCUT2D eigenvalue weighted by Gasteiger charge is 2.10. The van der Waals surface area contributed by atoms with Crippen LogP contribution in [0.5, 0.6) is 5.75 Å². The number of aromatic hydroxyl groups is 1. The molecule has 0 bridgehead atoms. The lowest BCUT2D eigenvalue weighted by atomic mass is 9.99. The summed E-state index contributed by atoms with van der Waals surface area (Å²) in [6.45, 7) is 1.96. The number of benzene rings is 2. The van der Waals surface area contributed by atoms with Crippen LogP contribution in [0.2, 0.25) is 0 Å². The molecule has 2 aromatic carbocycles. The summed E-state index contributed by atoms with van der Waals surface area (Å²) in [7, 11) is 0. The summed E-state index contributed by atoms with van der Waals surface area (Å²) < 4.78 is 5.30. The van der Waals surface area contributed by atoms with Gasteiger partial charge in [-0.05, 0) is 41.1 Å². The zero-order valence-electron chi connectivity index (χ0n) is 12.2. The van der Waals surface area contributed by atoms with Crippen molar-refractivity contribution >= 4 is 27.3 Å². The maximum absolute atomic E-state index is 12.2. The lowest BCUT2D eigenvalue weighted by Crippen LogP contribution is -2.00. The van der Waals surface area contributed by atoms with Crippen LogP contribution in [-0.2, 0) is 0 Å². The number of aliphatic hydroxyl groups excluding tert-OH is 1. The van der Waals surface area contributed by atoms with Crippen molar-refractivity contribution in [3.05, 3.63) is 58.5 Å². The predicted octanol–water partition coefficient (Wildman–Crippen LogP) is 3.44. The molecule has 0 amide bonds. The van der Waals surface area contributed by atoms with E-state index in [9.17, 15) is 9.90 Å². The van der Waals surface area contributed by atoms with Gasteiger partial charge in [-0.15, -0.1) is 0 Å². The number of phenolic OH excluding ortho intramolecular Hbond substituents is 1. The minimum atomic E-state index is -0.436. The molecule has 0 unspecified atom stereocenters. The van der Waals surface area contributed by atoms with Crippen LogP contribution in [0.3, 0.4) is 0 Å². The largest absolute Gasteiger partial charge is 0.508 e. The van der Waals surface area contributed by atoms with Gasteiger partial charge >= 0.3 is 5.63 Å². The van der Waals surface area contributed by atoms with E-state index in [0.717, 1.165) is 28.3 Å². The number of allylic oxidation sites excluding steroid dienone is 1. The second-order valence-corrected chi connectivity index (χ2v) is 5.10. The first-order valence-electron chi connectivity index (χ1n) is 7.14. The maximum atomic E-state index is 12.2. The van der Waals surface area contributed by atoms with Gasteiger partial charge < -0.3 is 14.6 Å². The van der Waals surface area contributed by atoms with Crippen LogP contribution in [0.15, 0.2) is 51.7 Å². The zero-order chi connectivity index (χ0) is 15.7. The van der Waals surface area contributed by atoms with E-state index in [1.54, 1.807) is 24.3 Å². The average Bonchev–Trinajstić information content (AvgIpc) is 2.52. The van der Waals surface area contributed by atoms with E-state index in [0.29, 0.717) is 11.0 Å². The van der Waals surface area contributed by atoms with Gasteiger partial charge in [-0.25, -0.2) is 4.79 Å². The van der Waals surface area contributed by atoms with Crippen LogP contribution in [-0.4, -0.2) is 16.8 Å². The molecule has 112 valence electrons. The second kappa shape index (κ2) is 5.66. The van der Waals surface area contributed by atoms with Crippen LogP contribution in [0, 0.1) is 0 Å². The summed E-state index contributed by atoms with van der Waals surface area (Å²) in [5, 5.41) is 20.7. The Morgan fingerprint density at radius 2 is 1.91 bits per heavy atom. The van der Waals surface area contributed by atoms with Crippen molar-refractivity contribution in [2.45, 2.75) is 13.3 Å². The molecule has 0 saturated carbocycles. The highest BCUT2D eigenvalue weighted by Crippen LogP contribution is 2.28. The standard InChI is InChI=1S/C18H16O4/c1-2-11(7-8-19)12-3-5-14-15-6-4-13(20)10-17(15)22-18(21)16(14)9-12/h3-7,9-10,19-20H,2,8H2,1H3/b11-7+. The fourth-order valence-electron chi connectivity index (χ4n) is 2.70. The summed E-state index contributed by atoms with van der Waals surface area (Å²) >= 11 is 0. The molecule has 0 radical (unpaired) electrons. The Morgan fingerprint density at radius 1 is 1.14 bits per heavy atom. The second-order valence-electron chi connectivity index (χ2n) is 5.10. The number of fused-ring (bicyclic) bond motifs is 3. The van der Waals surface area contributed by atoms with Crippen LogP contribution >= 0.6 is 0 Å². The summed E-state index contributed by atoms with van der Waals surface area (Å²) in [6, 6.07) is 10.3. The molecule has 1 heterocycles. The number of rotatable bonds is 3. The van der Waals surface area contributed by atoms with Gasteiger partial charge in [-0.1, -0.05) is 25.1 Å². The Labute approximate surface area is 126 Å². The van der Waals surface area contributed by atoms with E-state index in [2.05, 4.69) is 0 Å². The van der Waals surface area contributed by atoms with E-state index >= 15 is 0 Å². The van der Waals surface area contributed by atoms with Gasteiger partial charge in [0.05, 0.1) is 12.0 Å². The molecule has 1 aromatic heterocycles. The van der Waals surface area contributed by atoms with Crippen molar-refractivity contribution in [3.8, 4) is 5.75 Å². The first-order valence-corrected chi connectivity index (χ1v) is 7.14. The number of hydrogen-bond donors (Lipinski definition) is 2. The van der Waals surface area contributed by atoms with E-state index in [1.807, 2.05) is 19.1 Å². The molecule has 0 fully saturated rings. The smallest absolute Gasteiger partial charge is 0.344 e. The third-order valence-electron chi connectivity index (χ3n) is 3.79. The lowest BCUT2D eigenvalue weighted by molar-refractivity contribution is 0.343. The van der Waals surface area contributed by atoms with Crippen molar-refractivity contribution in [3.63, 3.8) is 0 Å². The third kappa shape index (κ3) is 2.38. The Balaban J connectivity index is 2.32. The molecule has 4 heteroatoms. The van der Waals surface area contributed by atoms with Crippen molar-refractivity contribution in [1.29, 1.82) is 0 Å². The Morgan fingerprint density at radius 3 is 2.64 bits per heavy atom. The van der Waals surface area contributed by atoms with E-state index in [4.69, 9.17) is 9.52 Å². The molecular formula is C18H16O4. The van der Waals surface area contributed by atoms with Crippen LogP contribution in [0.1, 0.15) is 18.9 Å². The molecule has 4 nitrogen and oxygen atoms in total. The van der Waals surface area contributed by atoms with Crippen molar-refractivity contribution in [2.24, 2.45) is 0 Å². The predicted molar refractivity (Wildman–Crippen MR) is 87.0 cm³/mol. The van der Waals surface area contributed by atoms with Gasteiger partial charge in [0.15, 0.2) is 0 Å². The number of phenols is 1. The summed E-state index contributed by atoms with van der Waals surface area (Å²) in [6.07, 6.45) is 2.50. The maximum Gasteiger partial charge on any atom is 0.344 e. The van der Waals surface area contributed by atoms with E-state index in [1.165, 1.54) is 6.07 Å². The van der Waals surface area contributed by atoms with Crippen molar-refractivity contribution < 1.29 is 14.6 Å². The molecule has 3 rings (SSSR count). The van der Waals surface area contributed by atoms with Gasteiger partial charge in [0.1, 0.15) is 11.3 Å². The molecule has 0 aliphatic carbocycles. The fraction of sp³-hybridized carbons (Fsp3) is 0.167. The molecule has 0 atom stereocenters.